The van der Waals surface area contributed by atoms with Gasteiger partial charge in [0.15, 0.2) is 0 Å². The van der Waals surface area contributed by atoms with Crippen molar-refractivity contribution in [3.8, 4) is 28.6 Å². The molecule has 0 aliphatic carbocycles. The summed E-state index contributed by atoms with van der Waals surface area (Å²) in [6.07, 6.45) is 4.78. The molecule has 1 aliphatic heterocycles. The number of fused-ring (bicyclic) bond motifs is 1. The Morgan fingerprint density at radius 1 is 1.07 bits per heavy atom. The molecule has 11 nitrogen and oxygen atoms in total. The third-order valence-electron chi connectivity index (χ3n) is 6.88. The number of rotatable bonds is 8. The van der Waals surface area contributed by atoms with Crippen molar-refractivity contribution in [2.24, 2.45) is 7.05 Å². The maximum atomic E-state index is 12.6. The Hall–Kier alpha value is -4.51. The van der Waals surface area contributed by atoms with Crippen molar-refractivity contribution in [1.82, 2.24) is 19.4 Å². The molecule has 0 bridgehead atoms. The number of ether oxygens (including phenoxy) is 4. The first-order chi connectivity index (χ1) is 20.1. The highest BCUT2D eigenvalue weighted by molar-refractivity contribution is 5.96. The molecular weight excluding hydrogens is 538 g/mol. The van der Waals surface area contributed by atoms with Crippen molar-refractivity contribution in [2.75, 3.05) is 32.0 Å². The minimum absolute atomic E-state index is 0.0582. The lowest BCUT2D eigenvalue weighted by atomic mass is 10.0. The first kappa shape index (κ1) is 29.0. The number of anilines is 1. The summed E-state index contributed by atoms with van der Waals surface area (Å²) in [4.78, 5) is 34.1. The molecule has 1 saturated heterocycles. The number of aromatic nitrogens is 3. The Morgan fingerprint density at radius 3 is 2.60 bits per heavy atom. The number of carbonyl (C=O) groups is 1. The summed E-state index contributed by atoms with van der Waals surface area (Å²) in [5.41, 5.74) is 8.11. The molecule has 5 rings (SSSR count). The molecule has 42 heavy (non-hydrogen) atoms. The number of pyridine rings is 2. The lowest BCUT2D eigenvalue weighted by molar-refractivity contribution is -0.0180. The number of amides is 1. The van der Waals surface area contributed by atoms with Gasteiger partial charge in [-0.05, 0) is 57.9 Å². The van der Waals surface area contributed by atoms with Crippen molar-refractivity contribution in [3.05, 3.63) is 65.2 Å². The van der Waals surface area contributed by atoms with Crippen LogP contribution in [0.4, 0.5) is 10.5 Å². The molecule has 0 atom stereocenters. The lowest BCUT2D eigenvalue weighted by Crippen LogP contribution is -2.43. The fraction of sp³-hybridized carbons (Fsp3) is 0.387. The topological polar surface area (TPSA) is 134 Å². The summed E-state index contributed by atoms with van der Waals surface area (Å²) in [5, 5.41) is 0.772. The summed E-state index contributed by atoms with van der Waals surface area (Å²) in [6, 6.07) is 12.5. The highest BCUT2D eigenvalue weighted by Gasteiger charge is 2.27. The Balaban J connectivity index is 1.18. The van der Waals surface area contributed by atoms with Gasteiger partial charge in [-0.1, -0.05) is 6.07 Å². The Bertz CT molecular complexity index is 1610. The number of nitrogens with one attached hydrogen (secondary N) is 1. The molecule has 4 heterocycles. The zero-order valence-corrected chi connectivity index (χ0v) is 24.4. The monoisotopic (exact) mass is 575 g/mol. The van der Waals surface area contributed by atoms with E-state index in [4.69, 9.17) is 24.7 Å². The Labute approximate surface area is 244 Å². The van der Waals surface area contributed by atoms with E-state index in [1.165, 1.54) is 4.57 Å². The lowest BCUT2D eigenvalue weighted by Gasteiger charge is -2.33. The number of nitrogens with zero attached hydrogens (tertiary/aromatic N) is 3. The van der Waals surface area contributed by atoms with Crippen LogP contribution in [0.15, 0.2) is 59.7 Å². The van der Waals surface area contributed by atoms with Gasteiger partial charge in [-0.15, -0.1) is 0 Å². The van der Waals surface area contributed by atoms with Crippen LogP contribution in [0.2, 0.25) is 0 Å². The quantitative estimate of drug-likeness (QED) is 0.219. The third-order valence-corrected chi connectivity index (χ3v) is 6.88. The zero-order valence-electron chi connectivity index (χ0n) is 24.4. The van der Waals surface area contributed by atoms with E-state index in [2.05, 4.69) is 9.97 Å². The van der Waals surface area contributed by atoms with Crippen molar-refractivity contribution in [2.45, 2.75) is 45.3 Å². The van der Waals surface area contributed by atoms with Gasteiger partial charge in [0.05, 0.1) is 12.7 Å². The van der Waals surface area contributed by atoms with E-state index in [0.717, 1.165) is 29.4 Å². The number of benzene rings is 1. The van der Waals surface area contributed by atoms with Crippen LogP contribution >= 0.6 is 0 Å². The summed E-state index contributed by atoms with van der Waals surface area (Å²) >= 11 is 0. The number of piperidine rings is 1. The first-order valence-corrected chi connectivity index (χ1v) is 14.0. The standard InChI is InChI=1S/C31H37N5O6/c1-31(2,3)42-30(38)36-14-11-21(12-15-36)39-16-17-40-26-6-5-7-27(34-26)41-25-9-8-20(32)18-23(25)24-19-35(4)29(37)28-22(24)10-13-33-28/h5-10,13,18-19,21,33H,11-12,14-17,32H2,1-4H3. The van der Waals surface area contributed by atoms with E-state index in [-0.39, 0.29) is 17.8 Å². The number of hydrogen-bond donors (Lipinski definition) is 2. The molecule has 0 unspecified atom stereocenters. The van der Waals surface area contributed by atoms with Gasteiger partial charge in [0.1, 0.15) is 23.5 Å². The molecule has 0 spiro atoms. The van der Waals surface area contributed by atoms with Gasteiger partial charge in [-0.25, -0.2) is 4.79 Å². The molecule has 1 fully saturated rings. The number of carbonyl (C=O) groups excluding carboxylic acids is 1. The third kappa shape index (κ3) is 6.85. The fourth-order valence-corrected chi connectivity index (χ4v) is 4.87. The van der Waals surface area contributed by atoms with E-state index in [1.807, 2.05) is 32.9 Å². The maximum absolute atomic E-state index is 12.6. The Kier molecular flexibility index (Phi) is 8.39. The number of likely N-dealkylation sites (tertiary alicyclic amines) is 1. The maximum Gasteiger partial charge on any atom is 0.410 e. The van der Waals surface area contributed by atoms with E-state index < -0.39 is 5.60 Å². The van der Waals surface area contributed by atoms with Crippen LogP contribution in [-0.4, -0.2) is 63.5 Å². The van der Waals surface area contributed by atoms with Crippen LogP contribution in [0, 0.1) is 0 Å². The van der Waals surface area contributed by atoms with E-state index in [9.17, 15) is 9.59 Å². The zero-order chi connectivity index (χ0) is 29.9. The smallest absolute Gasteiger partial charge is 0.410 e. The number of aryl methyl sites for hydroxylation is 1. The number of hydrogen-bond acceptors (Lipinski definition) is 8. The van der Waals surface area contributed by atoms with Gasteiger partial charge in [0, 0.05) is 66.9 Å². The van der Waals surface area contributed by atoms with Gasteiger partial charge < -0.3 is 39.1 Å². The molecule has 4 aromatic rings. The van der Waals surface area contributed by atoms with Gasteiger partial charge in [-0.3, -0.25) is 4.79 Å². The second-order valence-corrected chi connectivity index (χ2v) is 11.3. The van der Waals surface area contributed by atoms with Crippen LogP contribution in [0.5, 0.6) is 17.5 Å². The predicted octanol–water partition coefficient (Wildman–Crippen LogP) is 5.10. The molecule has 3 aromatic heterocycles. The number of nitrogen functional groups attached to an aromatic ring is 1. The van der Waals surface area contributed by atoms with Crippen molar-refractivity contribution >= 4 is 22.7 Å². The van der Waals surface area contributed by atoms with E-state index in [0.29, 0.717) is 55.0 Å². The molecule has 222 valence electrons. The molecule has 1 aliphatic rings. The molecule has 3 N–H and O–H groups in total. The SMILES string of the molecule is Cn1cc(-c2cc(N)ccc2Oc2cccc(OCCOC3CCN(C(=O)OC(C)(C)C)CC3)n2)c2cc[nH]c2c1=O. The number of H-pyrrole nitrogens is 1. The van der Waals surface area contributed by atoms with Crippen molar-refractivity contribution < 1.29 is 23.7 Å². The summed E-state index contributed by atoms with van der Waals surface area (Å²) in [6.45, 7) is 7.51. The molecule has 0 radical (unpaired) electrons. The second-order valence-electron chi connectivity index (χ2n) is 11.3. The van der Waals surface area contributed by atoms with Gasteiger partial charge in [-0.2, -0.15) is 4.98 Å². The van der Waals surface area contributed by atoms with Crippen LogP contribution in [-0.2, 0) is 16.5 Å². The van der Waals surface area contributed by atoms with Crippen LogP contribution < -0.4 is 20.8 Å². The predicted molar refractivity (Wildman–Crippen MR) is 160 cm³/mol. The average molecular weight is 576 g/mol. The molecule has 1 amide bonds. The summed E-state index contributed by atoms with van der Waals surface area (Å²) in [5.74, 6) is 1.29. The van der Waals surface area contributed by atoms with Gasteiger partial charge >= 0.3 is 6.09 Å². The van der Waals surface area contributed by atoms with Crippen LogP contribution in [0.25, 0.3) is 22.0 Å². The fourth-order valence-electron chi connectivity index (χ4n) is 4.87. The highest BCUT2D eigenvalue weighted by Crippen LogP contribution is 2.37. The minimum Gasteiger partial charge on any atom is -0.475 e. The van der Waals surface area contributed by atoms with Crippen LogP contribution in [0.1, 0.15) is 33.6 Å². The second kappa shape index (κ2) is 12.2. The largest absolute Gasteiger partial charge is 0.475 e. The first-order valence-electron chi connectivity index (χ1n) is 14.0. The number of nitrogens with two attached hydrogens (primary N) is 1. The summed E-state index contributed by atoms with van der Waals surface area (Å²) in [7, 11) is 1.71. The molecular formula is C31H37N5O6. The molecule has 0 saturated carbocycles. The number of aromatic amines is 1. The van der Waals surface area contributed by atoms with Crippen molar-refractivity contribution in [1.29, 1.82) is 0 Å². The van der Waals surface area contributed by atoms with Crippen LogP contribution in [0.3, 0.4) is 0 Å². The molecule has 1 aromatic carbocycles. The highest BCUT2D eigenvalue weighted by atomic mass is 16.6. The minimum atomic E-state index is -0.506. The van der Waals surface area contributed by atoms with Gasteiger partial charge in [0.2, 0.25) is 11.8 Å². The van der Waals surface area contributed by atoms with E-state index in [1.54, 1.807) is 54.7 Å². The average Bonchev–Trinajstić information content (AvgIpc) is 3.44. The van der Waals surface area contributed by atoms with Gasteiger partial charge in [0.25, 0.3) is 5.56 Å². The summed E-state index contributed by atoms with van der Waals surface area (Å²) < 4.78 is 25.0. The normalized spacial score (nSPS) is 14.2. The van der Waals surface area contributed by atoms with Crippen molar-refractivity contribution in [3.63, 3.8) is 0 Å². The molecule has 11 heteroatoms. The van der Waals surface area contributed by atoms with E-state index >= 15 is 0 Å². The Morgan fingerprint density at radius 2 is 1.83 bits per heavy atom.